The van der Waals surface area contributed by atoms with Crippen molar-refractivity contribution in [3.63, 3.8) is 0 Å². The number of aromatic hydroxyl groups is 1. The molecule has 0 heterocycles. The molecule has 0 aliphatic heterocycles. The minimum absolute atomic E-state index is 0.0150. The van der Waals surface area contributed by atoms with Gasteiger partial charge in [-0.15, -0.1) is 0 Å². The van der Waals surface area contributed by atoms with Crippen molar-refractivity contribution in [3.05, 3.63) is 59.2 Å². The number of aryl methyl sites for hydroxylation is 2. The highest BCUT2D eigenvalue weighted by atomic mass is 16.3. The molecule has 2 rings (SSSR count). The highest BCUT2D eigenvalue weighted by Gasteiger charge is 2.10. The second-order valence-corrected chi connectivity index (χ2v) is 4.27. The molecule has 0 radical (unpaired) electrons. The number of anilines is 1. The van der Waals surface area contributed by atoms with Crippen LogP contribution in [0.5, 0.6) is 5.75 Å². The molecule has 2 N–H and O–H groups in total. The van der Waals surface area contributed by atoms with Crippen LogP contribution >= 0.6 is 0 Å². The highest BCUT2D eigenvalue weighted by Crippen LogP contribution is 2.19. The van der Waals surface area contributed by atoms with Gasteiger partial charge in [0.15, 0.2) is 0 Å². The Balaban J connectivity index is 2.22. The predicted molar refractivity (Wildman–Crippen MR) is 72.0 cm³/mol. The van der Waals surface area contributed by atoms with E-state index in [9.17, 15) is 9.90 Å². The monoisotopic (exact) mass is 241 g/mol. The maximum Gasteiger partial charge on any atom is 0.259 e. The molecule has 0 atom stereocenters. The smallest absolute Gasteiger partial charge is 0.259 e. The maximum absolute atomic E-state index is 12.0. The van der Waals surface area contributed by atoms with Crippen LogP contribution in [0.4, 0.5) is 5.69 Å². The lowest BCUT2D eigenvalue weighted by Gasteiger charge is -2.08. The summed E-state index contributed by atoms with van der Waals surface area (Å²) in [4.78, 5) is 12.0. The Morgan fingerprint density at radius 1 is 1.06 bits per heavy atom. The Kier molecular flexibility index (Phi) is 3.33. The first-order valence-electron chi connectivity index (χ1n) is 5.74. The van der Waals surface area contributed by atoms with Gasteiger partial charge in [0.05, 0.1) is 5.56 Å². The molecule has 0 saturated carbocycles. The molecule has 2 aromatic rings. The van der Waals surface area contributed by atoms with Crippen molar-refractivity contribution in [3.8, 4) is 5.75 Å². The summed E-state index contributed by atoms with van der Waals surface area (Å²) in [6, 6.07) is 12.2. The van der Waals surface area contributed by atoms with Gasteiger partial charge < -0.3 is 10.4 Å². The third kappa shape index (κ3) is 2.51. The standard InChI is InChI=1S/C15H15NO2/c1-10-7-8-12(9-11(10)2)16-15(18)13-5-3-4-6-14(13)17/h3-9,17H,1-2H3,(H,16,18). The quantitative estimate of drug-likeness (QED) is 0.847. The highest BCUT2D eigenvalue weighted by molar-refractivity contribution is 6.06. The molecule has 0 bridgehead atoms. The van der Waals surface area contributed by atoms with E-state index in [1.54, 1.807) is 18.2 Å². The molecule has 18 heavy (non-hydrogen) atoms. The zero-order valence-corrected chi connectivity index (χ0v) is 10.4. The molecule has 92 valence electrons. The minimum atomic E-state index is -0.309. The van der Waals surface area contributed by atoms with E-state index in [0.29, 0.717) is 0 Å². The summed E-state index contributed by atoms with van der Waals surface area (Å²) in [6.07, 6.45) is 0. The van der Waals surface area contributed by atoms with Gasteiger partial charge in [-0.1, -0.05) is 18.2 Å². The van der Waals surface area contributed by atoms with Gasteiger partial charge in [-0.25, -0.2) is 0 Å². The molecule has 3 nitrogen and oxygen atoms in total. The normalized spacial score (nSPS) is 10.1. The van der Waals surface area contributed by atoms with Gasteiger partial charge in [0.25, 0.3) is 5.91 Å². The Bertz CT molecular complexity index is 591. The first-order valence-corrected chi connectivity index (χ1v) is 5.74. The van der Waals surface area contributed by atoms with Gasteiger partial charge in [-0.3, -0.25) is 4.79 Å². The SMILES string of the molecule is Cc1ccc(NC(=O)c2ccccc2O)cc1C. The van der Waals surface area contributed by atoms with Crippen LogP contribution in [0, 0.1) is 13.8 Å². The summed E-state index contributed by atoms with van der Waals surface area (Å²) in [5, 5.41) is 12.4. The van der Waals surface area contributed by atoms with E-state index in [1.807, 2.05) is 32.0 Å². The summed E-state index contributed by atoms with van der Waals surface area (Å²) in [7, 11) is 0. The Labute approximate surface area is 106 Å². The zero-order valence-electron chi connectivity index (χ0n) is 10.4. The first kappa shape index (κ1) is 12.2. The van der Waals surface area contributed by atoms with E-state index in [0.717, 1.165) is 11.3 Å². The number of nitrogens with one attached hydrogen (secondary N) is 1. The van der Waals surface area contributed by atoms with E-state index in [2.05, 4.69) is 5.32 Å². The van der Waals surface area contributed by atoms with E-state index in [1.165, 1.54) is 11.6 Å². The molecule has 0 saturated heterocycles. The molecule has 2 aromatic carbocycles. The fraction of sp³-hybridized carbons (Fsp3) is 0.133. The third-order valence-electron chi connectivity index (χ3n) is 2.91. The number of phenolic OH excluding ortho intramolecular Hbond substituents is 1. The van der Waals surface area contributed by atoms with Crippen molar-refractivity contribution in [1.82, 2.24) is 0 Å². The van der Waals surface area contributed by atoms with Crippen LogP contribution in [-0.4, -0.2) is 11.0 Å². The Morgan fingerprint density at radius 2 is 1.78 bits per heavy atom. The van der Waals surface area contributed by atoms with Crippen LogP contribution in [0.2, 0.25) is 0 Å². The lowest BCUT2D eigenvalue weighted by atomic mass is 10.1. The molecule has 1 amide bonds. The molecular weight excluding hydrogens is 226 g/mol. The third-order valence-corrected chi connectivity index (χ3v) is 2.91. The van der Waals surface area contributed by atoms with Gasteiger partial charge in [-0.05, 0) is 49.2 Å². The lowest BCUT2D eigenvalue weighted by molar-refractivity contribution is 0.102. The van der Waals surface area contributed by atoms with Crippen LogP contribution < -0.4 is 5.32 Å². The number of rotatable bonds is 2. The number of phenols is 1. The lowest BCUT2D eigenvalue weighted by Crippen LogP contribution is -2.12. The summed E-state index contributed by atoms with van der Waals surface area (Å²) in [6.45, 7) is 4.01. The molecule has 0 aromatic heterocycles. The van der Waals surface area contributed by atoms with Crippen LogP contribution in [0.3, 0.4) is 0 Å². The van der Waals surface area contributed by atoms with Crippen molar-refractivity contribution in [2.75, 3.05) is 5.32 Å². The summed E-state index contributed by atoms with van der Waals surface area (Å²) >= 11 is 0. The van der Waals surface area contributed by atoms with Crippen molar-refractivity contribution in [1.29, 1.82) is 0 Å². The second kappa shape index (κ2) is 4.92. The van der Waals surface area contributed by atoms with Gasteiger partial charge in [0.2, 0.25) is 0 Å². The number of para-hydroxylation sites is 1. The van der Waals surface area contributed by atoms with Crippen LogP contribution in [0.1, 0.15) is 21.5 Å². The predicted octanol–water partition coefficient (Wildman–Crippen LogP) is 3.26. The van der Waals surface area contributed by atoms with E-state index in [-0.39, 0.29) is 17.2 Å². The van der Waals surface area contributed by atoms with Crippen molar-refractivity contribution in [2.24, 2.45) is 0 Å². The number of hydrogen-bond acceptors (Lipinski definition) is 2. The molecule has 0 unspecified atom stereocenters. The van der Waals surface area contributed by atoms with E-state index >= 15 is 0 Å². The average molecular weight is 241 g/mol. The van der Waals surface area contributed by atoms with Crippen LogP contribution in [0.25, 0.3) is 0 Å². The maximum atomic E-state index is 12.0. The average Bonchev–Trinajstić information content (AvgIpc) is 2.34. The fourth-order valence-corrected chi connectivity index (χ4v) is 1.68. The summed E-state index contributed by atoms with van der Waals surface area (Å²) < 4.78 is 0. The number of carbonyl (C=O) groups is 1. The number of benzene rings is 2. The first-order chi connectivity index (χ1) is 8.58. The Morgan fingerprint density at radius 3 is 2.44 bits per heavy atom. The van der Waals surface area contributed by atoms with E-state index in [4.69, 9.17) is 0 Å². The molecule has 0 spiro atoms. The fourth-order valence-electron chi connectivity index (χ4n) is 1.68. The zero-order chi connectivity index (χ0) is 13.1. The minimum Gasteiger partial charge on any atom is -0.507 e. The topological polar surface area (TPSA) is 49.3 Å². The summed E-state index contributed by atoms with van der Waals surface area (Å²) in [5.74, 6) is -0.324. The second-order valence-electron chi connectivity index (χ2n) is 4.27. The number of hydrogen-bond donors (Lipinski definition) is 2. The van der Waals surface area contributed by atoms with Crippen LogP contribution in [-0.2, 0) is 0 Å². The molecule has 0 fully saturated rings. The Hall–Kier alpha value is -2.29. The summed E-state index contributed by atoms with van der Waals surface area (Å²) in [5.41, 5.74) is 3.29. The van der Waals surface area contributed by atoms with Gasteiger partial charge >= 0.3 is 0 Å². The molecule has 0 aliphatic carbocycles. The number of carbonyl (C=O) groups excluding carboxylic acids is 1. The van der Waals surface area contributed by atoms with Gasteiger partial charge in [0.1, 0.15) is 5.75 Å². The molecule has 3 heteroatoms. The van der Waals surface area contributed by atoms with E-state index < -0.39 is 0 Å². The largest absolute Gasteiger partial charge is 0.507 e. The van der Waals surface area contributed by atoms with Crippen molar-refractivity contribution < 1.29 is 9.90 Å². The molecular formula is C15H15NO2. The van der Waals surface area contributed by atoms with Gasteiger partial charge in [0, 0.05) is 5.69 Å². The van der Waals surface area contributed by atoms with Crippen molar-refractivity contribution >= 4 is 11.6 Å². The number of amides is 1. The van der Waals surface area contributed by atoms with Gasteiger partial charge in [-0.2, -0.15) is 0 Å². The molecule has 0 aliphatic rings. The van der Waals surface area contributed by atoms with Crippen molar-refractivity contribution in [2.45, 2.75) is 13.8 Å². The van der Waals surface area contributed by atoms with Crippen LogP contribution in [0.15, 0.2) is 42.5 Å².